The van der Waals surface area contributed by atoms with Gasteiger partial charge in [-0.05, 0) is 42.1 Å². The Morgan fingerprint density at radius 1 is 1.17 bits per heavy atom. The van der Waals surface area contributed by atoms with E-state index in [-0.39, 0.29) is 29.6 Å². The van der Waals surface area contributed by atoms with Gasteiger partial charge in [-0.3, -0.25) is 4.79 Å². The minimum Gasteiger partial charge on any atom is -0.495 e. The standard InChI is InChI=1S/C21H22N2O5S2/c1-14-16-5-3-4-6-18(16)29-20(14)21(24)22-15-7-8-17(27-2)19(13-15)30(25,26)23-9-11-28-12-10-23/h3-8,13H,9-12H2,1-2H3,(H,22,24). The number of ether oxygens (including phenoxy) is 2. The molecule has 0 unspecified atom stereocenters. The van der Waals surface area contributed by atoms with Crippen LogP contribution in [0.5, 0.6) is 5.75 Å². The van der Waals surface area contributed by atoms with E-state index in [1.807, 2.05) is 31.2 Å². The molecule has 0 radical (unpaired) electrons. The number of aryl methyl sites for hydroxylation is 1. The zero-order valence-electron chi connectivity index (χ0n) is 16.7. The van der Waals surface area contributed by atoms with E-state index < -0.39 is 10.0 Å². The van der Waals surface area contributed by atoms with E-state index in [0.717, 1.165) is 15.6 Å². The maximum atomic E-state index is 13.1. The number of rotatable bonds is 5. The maximum absolute atomic E-state index is 13.1. The molecule has 0 saturated carbocycles. The van der Waals surface area contributed by atoms with Crippen LogP contribution in [-0.4, -0.2) is 52.0 Å². The average Bonchev–Trinajstić information content (AvgIpc) is 3.11. The van der Waals surface area contributed by atoms with Crippen molar-refractivity contribution in [1.29, 1.82) is 0 Å². The predicted octanol–water partition coefficient (Wildman–Crippen LogP) is 3.49. The molecule has 0 atom stereocenters. The fraction of sp³-hybridized carbons (Fsp3) is 0.286. The van der Waals surface area contributed by atoms with Gasteiger partial charge in [0.05, 0.1) is 25.2 Å². The normalized spacial score (nSPS) is 15.3. The van der Waals surface area contributed by atoms with E-state index in [2.05, 4.69) is 5.32 Å². The fourth-order valence-corrected chi connectivity index (χ4v) is 6.15. The van der Waals surface area contributed by atoms with Crippen molar-refractivity contribution in [3.8, 4) is 5.75 Å². The number of carbonyl (C=O) groups is 1. The summed E-state index contributed by atoms with van der Waals surface area (Å²) >= 11 is 1.41. The van der Waals surface area contributed by atoms with Crippen molar-refractivity contribution < 1.29 is 22.7 Å². The highest BCUT2D eigenvalue weighted by molar-refractivity contribution is 7.89. The largest absolute Gasteiger partial charge is 0.495 e. The Labute approximate surface area is 179 Å². The molecule has 1 N–H and O–H groups in total. The van der Waals surface area contributed by atoms with Gasteiger partial charge >= 0.3 is 0 Å². The van der Waals surface area contributed by atoms with Gasteiger partial charge < -0.3 is 14.8 Å². The molecular formula is C21H22N2O5S2. The molecule has 1 aliphatic heterocycles. The molecule has 1 aromatic heterocycles. The van der Waals surface area contributed by atoms with Crippen LogP contribution in [0, 0.1) is 6.92 Å². The smallest absolute Gasteiger partial charge is 0.266 e. The van der Waals surface area contributed by atoms with Crippen LogP contribution in [0.4, 0.5) is 5.69 Å². The van der Waals surface area contributed by atoms with E-state index in [9.17, 15) is 13.2 Å². The number of morpholine rings is 1. The highest BCUT2D eigenvalue weighted by atomic mass is 32.2. The number of methoxy groups -OCH3 is 1. The lowest BCUT2D eigenvalue weighted by Crippen LogP contribution is -2.40. The van der Waals surface area contributed by atoms with Gasteiger partial charge in [-0.1, -0.05) is 18.2 Å². The number of hydrogen-bond donors (Lipinski definition) is 1. The van der Waals surface area contributed by atoms with Gasteiger partial charge in [0.25, 0.3) is 5.91 Å². The van der Waals surface area contributed by atoms with Crippen LogP contribution in [0.25, 0.3) is 10.1 Å². The lowest BCUT2D eigenvalue weighted by atomic mass is 10.1. The van der Waals surface area contributed by atoms with Crippen LogP contribution in [0.15, 0.2) is 47.4 Å². The van der Waals surface area contributed by atoms with Crippen molar-refractivity contribution in [1.82, 2.24) is 4.31 Å². The van der Waals surface area contributed by atoms with Gasteiger partial charge in [0.1, 0.15) is 10.6 Å². The number of nitrogens with zero attached hydrogens (tertiary/aromatic N) is 1. The Bertz CT molecular complexity index is 1200. The van der Waals surface area contributed by atoms with Crippen LogP contribution in [0.3, 0.4) is 0 Å². The number of carbonyl (C=O) groups excluding carboxylic acids is 1. The predicted molar refractivity (Wildman–Crippen MR) is 117 cm³/mol. The summed E-state index contributed by atoms with van der Waals surface area (Å²) in [6.07, 6.45) is 0. The lowest BCUT2D eigenvalue weighted by molar-refractivity contribution is 0.0729. The molecule has 2 heterocycles. The molecule has 1 fully saturated rings. The van der Waals surface area contributed by atoms with Crippen LogP contribution in [-0.2, 0) is 14.8 Å². The van der Waals surface area contributed by atoms with Gasteiger partial charge in [0, 0.05) is 23.5 Å². The molecule has 7 nitrogen and oxygen atoms in total. The molecule has 1 saturated heterocycles. The minimum atomic E-state index is -3.78. The van der Waals surface area contributed by atoms with E-state index in [4.69, 9.17) is 9.47 Å². The number of amides is 1. The molecule has 1 aliphatic rings. The maximum Gasteiger partial charge on any atom is 0.266 e. The Morgan fingerprint density at radius 3 is 2.60 bits per heavy atom. The second-order valence-electron chi connectivity index (χ2n) is 6.89. The fourth-order valence-electron chi connectivity index (χ4n) is 3.46. The first-order valence-electron chi connectivity index (χ1n) is 9.47. The first-order valence-corrected chi connectivity index (χ1v) is 11.7. The van der Waals surface area contributed by atoms with Crippen molar-refractivity contribution in [3.63, 3.8) is 0 Å². The number of hydrogen-bond acceptors (Lipinski definition) is 6. The average molecular weight is 447 g/mol. The Hall–Kier alpha value is -2.46. The Balaban J connectivity index is 1.65. The third-order valence-corrected chi connectivity index (χ3v) is 8.25. The summed E-state index contributed by atoms with van der Waals surface area (Å²) in [4.78, 5) is 13.5. The van der Waals surface area contributed by atoms with Gasteiger partial charge in [0.2, 0.25) is 10.0 Å². The van der Waals surface area contributed by atoms with Crippen molar-refractivity contribution in [2.24, 2.45) is 0 Å². The van der Waals surface area contributed by atoms with Gasteiger partial charge in [-0.25, -0.2) is 8.42 Å². The monoisotopic (exact) mass is 446 g/mol. The molecule has 9 heteroatoms. The molecule has 30 heavy (non-hydrogen) atoms. The van der Waals surface area contributed by atoms with E-state index in [0.29, 0.717) is 23.8 Å². The second kappa shape index (κ2) is 8.35. The molecular weight excluding hydrogens is 424 g/mol. The molecule has 0 spiro atoms. The second-order valence-corrected chi connectivity index (χ2v) is 9.85. The quantitative estimate of drug-likeness (QED) is 0.649. The molecule has 158 valence electrons. The summed E-state index contributed by atoms with van der Waals surface area (Å²) in [5, 5.41) is 3.87. The van der Waals surface area contributed by atoms with E-state index in [1.54, 1.807) is 12.1 Å². The molecule has 3 aromatic rings. The number of thiophene rings is 1. The van der Waals surface area contributed by atoms with Crippen LogP contribution >= 0.6 is 11.3 Å². The minimum absolute atomic E-state index is 0.0257. The van der Waals surface area contributed by atoms with Gasteiger partial charge in [-0.15, -0.1) is 11.3 Å². The number of anilines is 1. The highest BCUT2D eigenvalue weighted by Crippen LogP contribution is 2.33. The summed E-state index contributed by atoms with van der Waals surface area (Å²) in [5.74, 6) is -0.0360. The molecule has 0 bridgehead atoms. The highest BCUT2D eigenvalue weighted by Gasteiger charge is 2.29. The first kappa shape index (κ1) is 20.8. The summed E-state index contributed by atoms with van der Waals surface area (Å²) in [7, 11) is -2.35. The zero-order valence-corrected chi connectivity index (χ0v) is 18.3. The van der Waals surface area contributed by atoms with Crippen molar-refractivity contribution >= 4 is 43.0 Å². The molecule has 1 amide bonds. The summed E-state index contributed by atoms with van der Waals surface area (Å²) in [6, 6.07) is 12.5. The third kappa shape index (κ3) is 3.81. The van der Waals surface area contributed by atoms with Crippen LogP contribution in [0.2, 0.25) is 0 Å². The Morgan fingerprint density at radius 2 is 1.90 bits per heavy atom. The van der Waals surface area contributed by atoms with E-state index >= 15 is 0 Å². The molecule has 4 rings (SSSR count). The van der Waals surface area contributed by atoms with Gasteiger partial charge in [-0.2, -0.15) is 4.31 Å². The van der Waals surface area contributed by atoms with Crippen LogP contribution in [0.1, 0.15) is 15.2 Å². The number of fused-ring (bicyclic) bond motifs is 1. The zero-order chi connectivity index (χ0) is 21.3. The number of benzene rings is 2. The van der Waals surface area contributed by atoms with Crippen molar-refractivity contribution in [3.05, 3.63) is 52.9 Å². The number of nitrogens with one attached hydrogen (secondary N) is 1. The summed E-state index contributed by atoms with van der Waals surface area (Å²) in [6.45, 7) is 3.18. The third-order valence-electron chi connectivity index (χ3n) is 5.06. The van der Waals surface area contributed by atoms with Gasteiger partial charge in [0.15, 0.2) is 0 Å². The van der Waals surface area contributed by atoms with Crippen LogP contribution < -0.4 is 10.1 Å². The summed E-state index contributed by atoms with van der Waals surface area (Å²) in [5.41, 5.74) is 1.30. The van der Waals surface area contributed by atoms with E-state index in [1.165, 1.54) is 28.8 Å². The van der Waals surface area contributed by atoms with Crippen molar-refractivity contribution in [2.75, 3.05) is 38.7 Å². The first-order chi connectivity index (χ1) is 14.4. The number of sulfonamides is 1. The summed E-state index contributed by atoms with van der Waals surface area (Å²) < 4.78 is 39.2. The Kier molecular flexibility index (Phi) is 5.79. The molecule has 0 aliphatic carbocycles. The van der Waals surface area contributed by atoms with Crippen molar-refractivity contribution in [2.45, 2.75) is 11.8 Å². The SMILES string of the molecule is COc1ccc(NC(=O)c2sc3ccccc3c2C)cc1S(=O)(=O)N1CCOCC1. The molecule has 2 aromatic carbocycles. The topological polar surface area (TPSA) is 84.9 Å². The lowest BCUT2D eigenvalue weighted by Gasteiger charge is -2.26.